The van der Waals surface area contributed by atoms with Gasteiger partial charge in [-0.1, -0.05) is 12.2 Å². The zero-order valence-corrected chi connectivity index (χ0v) is 15.4. The van der Waals surface area contributed by atoms with E-state index >= 15 is 0 Å². The fourth-order valence-corrected chi connectivity index (χ4v) is 4.29. The van der Waals surface area contributed by atoms with E-state index in [1.165, 1.54) is 28.9 Å². The third kappa shape index (κ3) is 2.80. The molecule has 2 aromatic rings. The van der Waals surface area contributed by atoms with E-state index in [0.717, 1.165) is 21.6 Å². The Bertz CT molecular complexity index is 975. The van der Waals surface area contributed by atoms with Gasteiger partial charge in [0.2, 0.25) is 0 Å². The van der Waals surface area contributed by atoms with E-state index in [0.29, 0.717) is 30.0 Å². The number of thiophene rings is 1. The first kappa shape index (κ1) is 16.8. The van der Waals surface area contributed by atoms with Crippen molar-refractivity contribution in [3.05, 3.63) is 40.4 Å². The largest absolute Gasteiger partial charge is 0.362 e. The molecule has 1 amide bonds. The molecule has 0 N–H and O–H groups in total. The maximum absolute atomic E-state index is 13.9. The zero-order valence-electron chi connectivity index (χ0n) is 14.6. The minimum Gasteiger partial charge on any atom is -0.362 e. The summed E-state index contributed by atoms with van der Waals surface area (Å²) in [6, 6.07) is 0. The molecule has 26 heavy (non-hydrogen) atoms. The summed E-state index contributed by atoms with van der Waals surface area (Å²) in [5.74, 6) is 0.373. The molecule has 0 aromatic carbocycles. The number of hydrogen-bond acceptors (Lipinski definition) is 6. The van der Waals surface area contributed by atoms with Crippen molar-refractivity contribution >= 4 is 39.6 Å². The molecule has 3 heterocycles. The Hall–Kier alpha value is -2.61. The van der Waals surface area contributed by atoms with Gasteiger partial charge in [0.15, 0.2) is 0 Å². The summed E-state index contributed by atoms with van der Waals surface area (Å²) in [4.78, 5) is 31.1. The fourth-order valence-electron chi connectivity index (χ4n) is 3.21. The maximum Gasteiger partial charge on any atom is 0.273 e. The smallest absolute Gasteiger partial charge is 0.273 e. The monoisotopic (exact) mass is 371 g/mol. The van der Waals surface area contributed by atoms with Crippen molar-refractivity contribution in [2.75, 3.05) is 19.0 Å². The third-order valence-corrected chi connectivity index (χ3v) is 5.55. The van der Waals surface area contributed by atoms with Gasteiger partial charge < -0.3 is 4.90 Å². The molecule has 0 saturated carbocycles. The normalized spacial score (nSPS) is 17.5. The van der Waals surface area contributed by atoms with Gasteiger partial charge in [0.05, 0.1) is 18.3 Å². The molecule has 4 rings (SSSR count). The number of hydrogen-bond donors (Lipinski definition) is 0. The van der Waals surface area contributed by atoms with Crippen molar-refractivity contribution in [3.63, 3.8) is 0 Å². The predicted molar refractivity (Wildman–Crippen MR) is 101 cm³/mol. The lowest BCUT2D eigenvalue weighted by Gasteiger charge is -2.19. The Kier molecular flexibility index (Phi) is 4.28. The highest BCUT2D eigenvalue weighted by molar-refractivity contribution is 7.20. The molecule has 0 atom stereocenters. The Balaban J connectivity index is 1.82. The number of allylic oxidation sites excluding steroid dienone is 3. The summed E-state index contributed by atoms with van der Waals surface area (Å²) < 4.78 is 13.9. The number of anilines is 1. The van der Waals surface area contributed by atoms with Crippen LogP contribution >= 0.6 is 11.3 Å². The number of nitrogens with zero attached hydrogens (tertiary/aromatic N) is 5. The van der Waals surface area contributed by atoms with Crippen LogP contribution in [-0.4, -0.2) is 41.2 Å². The Morgan fingerprint density at radius 1 is 1.23 bits per heavy atom. The fraction of sp³-hybridized carbons (Fsp3) is 0.333. The van der Waals surface area contributed by atoms with Crippen molar-refractivity contribution in [2.24, 2.45) is 4.99 Å². The quantitative estimate of drug-likeness (QED) is 0.808. The highest BCUT2D eigenvalue weighted by atomic mass is 32.1. The molecular formula is C18H18FN5OS. The molecule has 8 heteroatoms. The summed E-state index contributed by atoms with van der Waals surface area (Å²) in [6.07, 6.45) is 7.97. The first-order valence-corrected chi connectivity index (χ1v) is 9.18. The van der Waals surface area contributed by atoms with Gasteiger partial charge >= 0.3 is 0 Å². The average molecular weight is 371 g/mol. The molecule has 0 radical (unpaired) electrons. The number of carbonyl (C=O) groups is 1. The Labute approximate surface area is 154 Å². The van der Waals surface area contributed by atoms with Gasteiger partial charge in [-0.2, -0.15) is 0 Å². The van der Waals surface area contributed by atoms with Crippen LogP contribution in [-0.2, 0) is 6.54 Å². The summed E-state index contributed by atoms with van der Waals surface area (Å²) in [7, 11) is 3.82. The standard InChI is InChI=1S/C18H18FN5OS/c1-23(2)16-14-13-8-20-10-24(12-6-4-3-5-11(19)7-12)18(25)15(13)26-17(14)22-9-21-16/h5-6,9-10H,3-4,7-8H2,1-2H3. The van der Waals surface area contributed by atoms with E-state index in [1.54, 1.807) is 6.08 Å². The van der Waals surface area contributed by atoms with Gasteiger partial charge in [-0.05, 0) is 12.8 Å². The van der Waals surface area contributed by atoms with Gasteiger partial charge in [-0.3, -0.25) is 14.7 Å². The lowest BCUT2D eigenvalue weighted by atomic mass is 10.1. The highest BCUT2D eigenvalue weighted by Gasteiger charge is 2.29. The minimum atomic E-state index is -0.212. The molecule has 0 saturated heterocycles. The second kappa shape index (κ2) is 6.60. The van der Waals surface area contributed by atoms with Crippen LogP contribution < -0.4 is 4.90 Å². The molecule has 0 fully saturated rings. The molecule has 1 aliphatic heterocycles. The first-order chi connectivity index (χ1) is 12.6. The predicted octanol–water partition coefficient (Wildman–Crippen LogP) is 3.66. The number of amides is 1. The number of carbonyl (C=O) groups excluding carboxylic acids is 1. The molecular weight excluding hydrogens is 353 g/mol. The molecule has 2 aromatic heterocycles. The molecule has 134 valence electrons. The average Bonchev–Trinajstić information content (AvgIpc) is 2.73. The number of aromatic nitrogens is 2. The van der Waals surface area contributed by atoms with Crippen LogP contribution in [0.15, 0.2) is 35.0 Å². The summed E-state index contributed by atoms with van der Waals surface area (Å²) in [5.41, 5.74) is 1.47. The van der Waals surface area contributed by atoms with Crippen molar-refractivity contribution in [1.82, 2.24) is 14.9 Å². The second-order valence-electron chi connectivity index (χ2n) is 6.41. The third-order valence-electron chi connectivity index (χ3n) is 4.42. The highest BCUT2D eigenvalue weighted by Crippen LogP contribution is 2.37. The number of halogens is 1. The lowest BCUT2D eigenvalue weighted by Crippen LogP contribution is -2.28. The van der Waals surface area contributed by atoms with E-state index in [2.05, 4.69) is 15.0 Å². The molecule has 2 aliphatic rings. The summed E-state index contributed by atoms with van der Waals surface area (Å²) >= 11 is 1.34. The van der Waals surface area contributed by atoms with Crippen LogP contribution in [0.3, 0.4) is 0 Å². The van der Waals surface area contributed by atoms with E-state index in [9.17, 15) is 9.18 Å². The van der Waals surface area contributed by atoms with E-state index < -0.39 is 0 Å². The molecule has 0 unspecified atom stereocenters. The van der Waals surface area contributed by atoms with Crippen LogP contribution in [0.4, 0.5) is 10.2 Å². The van der Waals surface area contributed by atoms with Crippen molar-refractivity contribution < 1.29 is 9.18 Å². The molecule has 0 bridgehead atoms. The Morgan fingerprint density at radius 3 is 2.85 bits per heavy atom. The molecule has 6 nitrogen and oxygen atoms in total. The van der Waals surface area contributed by atoms with E-state index in [4.69, 9.17) is 0 Å². The van der Waals surface area contributed by atoms with Crippen molar-refractivity contribution in [2.45, 2.75) is 25.8 Å². The van der Waals surface area contributed by atoms with Gasteiger partial charge in [0.25, 0.3) is 5.91 Å². The number of rotatable bonds is 2. The van der Waals surface area contributed by atoms with E-state index in [1.807, 2.05) is 25.1 Å². The van der Waals surface area contributed by atoms with Gasteiger partial charge in [0.1, 0.15) is 27.7 Å². The second-order valence-corrected chi connectivity index (χ2v) is 7.41. The van der Waals surface area contributed by atoms with Crippen LogP contribution in [0.2, 0.25) is 0 Å². The van der Waals surface area contributed by atoms with Crippen molar-refractivity contribution in [1.29, 1.82) is 0 Å². The summed E-state index contributed by atoms with van der Waals surface area (Å²) in [5, 5.41) is 0.866. The first-order valence-electron chi connectivity index (χ1n) is 8.37. The number of fused-ring (bicyclic) bond motifs is 3. The number of aliphatic imine (C=N–C) groups is 1. The van der Waals surface area contributed by atoms with Crippen LogP contribution in [0.25, 0.3) is 10.2 Å². The maximum atomic E-state index is 13.9. The van der Waals surface area contributed by atoms with Gasteiger partial charge in [0, 0.05) is 31.8 Å². The Morgan fingerprint density at radius 2 is 2.04 bits per heavy atom. The van der Waals surface area contributed by atoms with Crippen LogP contribution in [0.1, 0.15) is 34.5 Å². The van der Waals surface area contributed by atoms with Crippen LogP contribution in [0.5, 0.6) is 0 Å². The van der Waals surface area contributed by atoms with Crippen molar-refractivity contribution in [3.8, 4) is 0 Å². The lowest BCUT2D eigenvalue weighted by molar-refractivity contribution is 0.0884. The SMILES string of the molecule is CN(C)c1ncnc2sc3c(c12)CN=CN(C1=CCCC=C(F)C1)C3=O. The van der Waals surface area contributed by atoms with Gasteiger partial charge in [-0.15, -0.1) is 11.3 Å². The minimum absolute atomic E-state index is 0.112. The molecule has 0 spiro atoms. The summed E-state index contributed by atoms with van der Waals surface area (Å²) in [6.45, 7) is 0.372. The topological polar surface area (TPSA) is 61.7 Å². The van der Waals surface area contributed by atoms with Crippen LogP contribution in [0, 0.1) is 0 Å². The van der Waals surface area contributed by atoms with Gasteiger partial charge in [-0.25, -0.2) is 14.4 Å². The molecule has 1 aliphatic carbocycles. The van der Waals surface area contributed by atoms with E-state index in [-0.39, 0.29) is 18.2 Å². The zero-order chi connectivity index (χ0) is 18.3.